The maximum atomic E-state index is 13.4. The molecule has 2 N–H and O–H groups in total. The number of hydrogen-bond donors (Lipinski definition) is 2. The highest BCUT2D eigenvalue weighted by Gasteiger charge is 2.34. The van der Waals surface area contributed by atoms with E-state index in [9.17, 15) is 9.50 Å². The van der Waals surface area contributed by atoms with E-state index in [4.69, 9.17) is 16.9 Å². The van der Waals surface area contributed by atoms with Crippen LogP contribution in [0.25, 0.3) is 0 Å². The van der Waals surface area contributed by atoms with Gasteiger partial charge in [-0.15, -0.1) is 0 Å². The molecule has 0 saturated carbocycles. The number of fused-ring (bicyclic) bond motifs is 1. The van der Waals surface area contributed by atoms with E-state index in [1.54, 1.807) is 12.1 Å². The molecule has 0 amide bonds. The third-order valence-electron chi connectivity index (χ3n) is 4.21. The highest BCUT2D eigenvalue weighted by atomic mass is 35.5. The van der Waals surface area contributed by atoms with Gasteiger partial charge in [0.1, 0.15) is 17.4 Å². The Hall–Kier alpha value is -1.93. The van der Waals surface area contributed by atoms with Crippen LogP contribution in [-0.4, -0.2) is 17.3 Å². The van der Waals surface area contributed by atoms with Crippen molar-refractivity contribution in [2.24, 2.45) is 0 Å². The molecular weight excluding hydrogens is 315 g/mol. The molecule has 0 unspecified atom stereocenters. The van der Waals surface area contributed by atoms with Gasteiger partial charge in [-0.25, -0.2) is 4.39 Å². The molecular formula is C18H16ClFN2O. The lowest BCUT2D eigenvalue weighted by atomic mass is 10.0. The van der Waals surface area contributed by atoms with Gasteiger partial charge in [0.2, 0.25) is 0 Å². The molecule has 1 aliphatic rings. The van der Waals surface area contributed by atoms with Crippen molar-refractivity contribution in [2.75, 3.05) is 6.54 Å². The van der Waals surface area contributed by atoms with Crippen molar-refractivity contribution in [1.29, 1.82) is 5.26 Å². The van der Waals surface area contributed by atoms with Gasteiger partial charge in [-0.1, -0.05) is 41.9 Å². The molecule has 3 rings (SSSR count). The van der Waals surface area contributed by atoms with E-state index in [0.29, 0.717) is 31.5 Å². The fourth-order valence-corrected chi connectivity index (χ4v) is 3.33. The van der Waals surface area contributed by atoms with Gasteiger partial charge >= 0.3 is 0 Å². The topological polar surface area (TPSA) is 56.0 Å². The summed E-state index contributed by atoms with van der Waals surface area (Å²) in [6.45, 7) is 0.768. The Balaban J connectivity index is 1.64. The molecule has 0 atom stereocenters. The Bertz CT molecular complexity index is 760. The number of benzene rings is 2. The first-order valence-electron chi connectivity index (χ1n) is 7.39. The summed E-state index contributed by atoms with van der Waals surface area (Å²) < 4.78 is 13.4. The van der Waals surface area contributed by atoms with Crippen molar-refractivity contribution < 1.29 is 9.50 Å². The van der Waals surface area contributed by atoms with Crippen molar-refractivity contribution in [3.05, 3.63) is 69.5 Å². The summed E-state index contributed by atoms with van der Waals surface area (Å²) in [6, 6.07) is 12.6. The van der Waals surface area contributed by atoms with Gasteiger partial charge in [0, 0.05) is 25.9 Å². The molecule has 0 fully saturated rings. The van der Waals surface area contributed by atoms with Gasteiger partial charge < -0.3 is 10.4 Å². The lowest BCUT2D eigenvalue weighted by Crippen LogP contribution is -2.41. The quantitative estimate of drug-likeness (QED) is 0.906. The molecule has 0 heterocycles. The zero-order chi connectivity index (χ0) is 16.4. The minimum absolute atomic E-state index is 0.127. The van der Waals surface area contributed by atoms with E-state index in [1.165, 1.54) is 17.2 Å². The minimum Gasteiger partial charge on any atom is -0.388 e. The summed E-state index contributed by atoms with van der Waals surface area (Å²) >= 11 is 6.05. The third-order valence-corrected chi connectivity index (χ3v) is 4.64. The first kappa shape index (κ1) is 15.9. The number of nitriles is 1. The molecule has 118 valence electrons. The van der Waals surface area contributed by atoms with Gasteiger partial charge in [-0.2, -0.15) is 5.26 Å². The predicted molar refractivity (Wildman–Crippen MR) is 86.6 cm³/mol. The van der Waals surface area contributed by atoms with Crippen LogP contribution in [-0.2, 0) is 19.4 Å². The predicted octanol–water partition coefficient (Wildman–Crippen LogP) is 2.97. The summed E-state index contributed by atoms with van der Waals surface area (Å²) in [4.78, 5) is 0. The molecule has 0 saturated heterocycles. The SMILES string of the molecule is N#Cc1c(F)ccc(CNCC2(O)Cc3ccccc3C2)c1Cl. The number of nitrogens with zero attached hydrogens (tertiary/aromatic N) is 1. The second kappa shape index (κ2) is 6.29. The van der Waals surface area contributed by atoms with Crippen molar-refractivity contribution in [3.8, 4) is 6.07 Å². The van der Waals surface area contributed by atoms with Crippen LogP contribution in [0.2, 0.25) is 5.02 Å². The molecule has 2 aromatic rings. The van der Waals surface area contributed by atoms with Crippen molar-refractivity contribution in [1.82, 2.24) is 5.32 Å². The smallest absolute Gasteiger partial charge is 0.142 e. The second-order valence-corrected chi connectivity index (χ2v) is 6.34. The summed E-state index contributed by atoms with van der Waals surface area (Å²) in [7, 11) is 0. The molecule has 0 bridgehead atoms. The molecule has 3 nitrogen and oxygen atoms in total. The first-order valence-corrected chi connectivity index (χ1v) is 7.77. The molecule has 0 aliphatic heterocycles. The second-order valence-electron chi connectivity index (χ2n) is 5.96. The Labute approximate surface area is 139 Å². The molecule has 23 heavy (non-hydrogen) atoms. The van der Waals surface area contributed by atoms with E-state index < -0.39 is 11.4 Å². The fourth-order valence-electron chi connectivity index (χ4n) is 3.06. The van der Waals surface area contributed by atoms with E-state index in [2.05, 4.69) is 5.32 Å². The Morgan fingerprint density at radius 3 is 2.48 bits per heavy atom. The normalized spacial score (nSPS) is 15.2. The van der Waals surface area contributed by atoms with Crippen LogP contribution in [0.4, 0.5) is 4.39 Å². The lowest BCUT2D eigenvalue weighted by molar-refractivity contribution is 0.0510. The van der Waals surface area contributed by atoms with Crippen molar-refractivity contribution >= 4 is 11.6 Å². The van der Waals surface area contributed by atoms with Gasteiger partial charge in [0.05, 0.1) is 10.6 Å². The lowest BCUT2D eigenvalue weighted by Gasteiger charge is -2.23. The Morgan fingerprint density at radius 1 is 1.22 bits per heavy atom. The summed E-state index contributed by atoms with van der Waals surface area (Å²) in [5.74, 6) is -0.619. The summed E-state index contributed by atoms with van der Waals surface area (Å²) in [5.41, 5.74) is 2.02. The van der Waals surface area contributed by atoms with Crippen LogP contribution < -0.4 is 5.32 Å². The van der Waals surface area contributed by atoms with Crippen LogP contribution in [0.5, 0.6) is 0 Å². The third kappa shape index (κ3) is 3.23. The van der Waals surface area contributed by atoms with Crippen LogP contribution in [0.3, 0.4) is 0 Å². The van der Waals surface area contributed by atoms with E-state index in [0.717, 1.165) is 0 Å². The number of halogens is 2. The van der Waals surface area contributed by atoms with E-state index in [1.807, 2.05) is 24.3 Å². The zero-order valence-corrected chi connectivity index (χ0v) is 13.2. The van der Waals surface area contributed by atoms with Gasteiger partial charge in [-0.05, 0) is 22.8 Å². The maximum absolute atomic E-state index is 13.4. The van der Waals surface area contributed by atoms with Gasteiger partial charge in [-0.3, -0.25) is 0 Å². The summed E-state index contributed by atoms with van der Waals surface area (Å²) in [6.07, 6.45) is 1.22. The molecule has 1 aliphatic carbocycles. The van der Waals surface area contributed by atoms with Gasteiger partial charge in [0.15, 0.2) is 0 Å². The number of nitrogens with one attached hydrogen (secondary N) is 1. The average Bonchev–Trinajstić information content (AvgIpc) is 2.86. The molecule has 5 heteroatoms. The van der Waals surface area contributed by atoms with Gasteiger partial charge in [0.25, 0.3) is 0 Å². The Morgan fingerprint density at radius 2 is 1.87 bits per heavy atom. The summed E-state index contributed by atoms with van der Waals surface area (Å²) in [5, 5.41) is 22.9. The van der Waals surface area contributed by atoms with Crippen LogP contribution in [0.15, 0.2) is 36.4 Å². The average molecular weight is 331 g/mol. The van der Waals surface area contributed by atoms with Crippen LogP contribution >= 0.6 is 11.6 Å². The zero-order valence-electron chi connectivity index (χ0n) is 12.4. The fraction of sp³-hybridized carbons (Fsp3) is 0.278. The number of hydrogen-bond acceptors (Lipinski definition) is 3. The first-order chi connectivity index (χ1) is 11.0. The largest absolute Gasteiger partial charge is 0.388 e. The van der Waals surface area contributed by atoms with Crippen LogP contribution in [0.1, 0.15) is 22.3 Å². The van der Waals surface area contributed by atoms with Crippen LogP contribution in [0, 0.1) is 17.1 Å². The minimum atomic E-state index is -0.825. The molecule has 0 aromatic heterocycles. The standard InChI is InChI=1S/C18H16ClFN2O/c19-17-14(5-6-16(20)15(17)9-21)10-22-11-18(23)7-12-3-1-2-4-13(12)8-18/h1-6,22-23H,7-8,10-11H2. The van der Waals surface area contributed by atoms with Crippen molar-refractivity contribution in [3.63, 3.8) is 0 Å². The monoisotopic (exact) mass is 330 g/mol. The number of rotatable bonds is 4. The number of aliphatic hydroxyl groups is 1. The molecule has 2 aromatic carbocycles. The molecule has 0 radical (unpaired) electrons. The maximum Gasteiger partial charge on any atom is 0.142 e. The molecule has 0 spiro atoms. The van der Waals surface area contributed by atoms with E-state index in [-0.39, 0.29) is 10.6 Å². The highest BCUT2D eigenvalue weighted by molar-refractivity contribution is 6.32. The Kier molecular flexibility index (Phi) is 4.36. The van der Waals surface area contributed by atoms with E-state index >= 15 is 0 Å². The van der Waals surface area contributed by atoms with Crippen molar-refractivity contribution in [2.45, 2.75) is 25.0 Å². The highest BCUT2D eigenvalue weighted by Crippen LogP contribution is 2.29.